The fourth-order valence-electron chi connectivity index (χ4n) is 1.84. The number of hydrogen-bond donors (Lipinski definition) is 0. The molecule has 0 saturated carbocycles. The van der Waals surface area contributed by atoms with E-state index in [-0.39, 0.29) is 12.5 Å². The maximum Gasteiger partial charge on any atom is 0.343 e. The number of carbonyl (C=O) groups is 2. The molecule has 0 aromatic heterocycles. The predicted molar refractivity (Wildman–Crippen MR) is 89.5 cm³/mol. The summed E-state index contributed by atoms with van der Waals surface area (Å²) in [5.74, 6) is -0.0675. The Morgan fingerprint density at radius 2 is 2.14 bits per heavy atom. The Hall–Kier alpha value is -1.86. The zero-order valence-corrected chi connectivity index (χ0v) is 13.8. The summed E-state index contributed by atoms with van der Waals surface area (Å²) in [7, 11) is 1.30. The van der Waals surface area contributed by atoms with Gasteiger partial charge in [-0.15, -0.1) is 0 Å². The number of carbonyl (C=O) groups excluding carboxylic acids is 2. The first-order chi connectivity index (χ1) is 10.6. The third kappa shape index (κ3) is 3.66. The lowest BCUT2D eigenvalue weighted by Crippen LogP contribution is -2.27. The molecule has 0 N–H and O–H groups in total. The molecule has 7 heteroatoms. The SMILES string of the molecule is CCN1C(=O)C(=Cc2ccccc2OCC(=O)OC)SC1=S. The molecular formula is C15H15NO4S2. The second-order valence-corrected chi connectivity index (χ2v) is 6.00. The van der Waals surface area contributed by atoms with Crippen LogP contribution in [0.4, 0.5) is 0 Å². The highest BCUT2D eigenvalue weighted by molar-refractivity contribution is 8.26. The Bertz CT molecular complexity index is 642. The van der Waals surface area contributed by atoms with Crippen molar-refractivity contribution < 1.29 is 19.1 Å². The van der Waals surface area contributed by atoms with Gasteiger partial charge in [-0.1, -0.05) is 42.2 Å². The minimum atomic E-state index is -0.466. The fraction of sp³-hybridized carbons (Fsp3) is 0.267. The van der Waals surface area contributed by atoms with Crippen LogP contribution in [0.25, 0.3) is 6.08 Å². The molecular weight excluding hydrogens is 322 g/mol. The number of likely N-dealkylation sites (N-methyl/N-ethyl adjacent to an activating group) is 1. The Morgan fingerprint density at radius 1 is 1.41 bits per heavy atom. The monoisotopic (exact) mass is 337 g/mol. The van der Waals surface area contributed by atoms with Crippen LogP contribution in [0.2, 0.25) is 0 Å². The summed E-state index contributed by atoms with van der Waals surface area (Å²) < 4.78 is 10.5. The quantitative estimate of drug-likeness (QED) is 0.467. The maximum absolute atomic E-state index is 12.2. The van der Waals surface area contributed by atoms with Crippen LogP contribution in [0.15, 0.2) is 29.2 Å². The van der Waals surface area contributed by atoms with Gasteiger partial charge in [0.05, 0.1) is 12.0 Å². The molecule has 1 aliphatic heterocycles. The van der Waals surface area contributed by atoms with Crippen LogP contribution in [0.5, 0.6) is 5.75 Å². The zero-order chi connectivity index (χ0) is 16.1. The molecule has 1 saturated heterocycles. The van der Waals surface area contributed by atoms with E-state index in [1.54, 1.807) is 23.1 Å². The van der Waals surface area contributed by atoms with Gasteiger partial charge in [0.25, 0.3) is 5.91 Å². The average molecular weight is 337 g/mol. The number of para-hydroxylation sites is 1. The number of benzene rings is 1. The molecule has 22 heavy (non-hydrogen) atoms. The molecule has 0 atom stereocenters. The van der Waals surface area contributed by atoms with Crippen LogP contribution < -0.4 is 4.74 Å². The summed E-state index contributed by atoms with van der Waals surface area (Å²) in [4.78, 5) is 25.5. The van der Waals surface area contributed by atoms with Crippen molar-refractivity contribution in [2.45, 2.75) is 6.92 Å². The number of thioether (sulfide) groups is 1. The molecule has 1 aliphatic rings. The van der Waals surface area contributed by atoms with Gasteiger partial charge in [0, 0.05) is 12.1 Å². The van der Waals surface area contributed by atoms with E-state index >= 15 is 0 Å². The predicted octanol–water partition coefficient (Wildman–Crippen LogP) is 2.46. The molecule has 0 unspecified atom stereocenters. The van der Waals surface area contributed by atoms with Gasteiger partial charge in [0.2, 0.25) is 0 Å². The normalized spacial score (nSPS) is 16.3. The van der Waals surface area contributed by atoms with Crippen molar-refractivity contribution in [2.24, 2.45) is 0 Å². The summed E-state index contributed by atoms with van der Waals surface area (Å²) in [6, 6.07) is 7.17. The van der Waals surface area contributed by atoms with E-state index in [1.165, 1.54) is 18.9 Å². The molecule has 1 fully saturated rings. The van der Waals surface area contributed by atoms with Gasteiger partial charge in [0.15, 0.2) is 6.61 Å². The molecule has 0 bridgehead atoms. The summed E-state index contributed by atoms with van der Waals surface area (Å²) >= 11 is 6.44. The largest absolute Gasteiger partial charge is 0.481 e. The van der Waals surface area contributed by atoms with E-state index in [2.05, 4.69) is 4.74 Å². The lowest BCUT2D eigenvalue weighted by molar-refractivity contribution is -0.142. The number of rotatable bonds is 5. The number of hydrogen-bond acceptors (Lipinski definition) is 6. The molecule has 1 aromatic rings. The number of methoxy groups -OCH3 is 1. The number of thiocarbonyl (C=S) groups is 1. The molecule has 5 nitrogen and oxygen atoms in total. The minimum absolute atomic E-state index is 0.111. The molecule has 0 spiro atoms. The van der Waals surface area contributed by atoms with Gasteiger partial charge in [0.1, 0.15) is 10.1 Å². The molecule has 0 radical (unpaired) electrons. The van der Waals surface area contributed by atoms with Gasteiger partial charge in [-0.05, 0) is 19.1 Å². The number of nitrogens with zero attached hydrogens (tertiary/aromatic N) is 1. The Morgan fingerprint density at radius 3 is 2.77 bits per heavy atom. The Kier molecular flexibility index (Phi) is 5.57. The number of amides is 1. The van der Waals surface area contributed by atoms with Crippen LogP contribution in [-0.4, -0.2) is 41.4 Å². The first kappa shape index (κ1) is 16.5. The third-order valence-electron chi connectivity index (χ3n) is 2.97. The summed E-state index contributed by atoms with van der Waals surface area (Å²) in [6.45, 7) is 2.24. The van der Waals surface area contributed by atoms with Gasteiger partial charge in [-0.25, -0.2) is 4.79 Å². The highest BCUT2D eigenvalue weighted by atomic mass is 32.2. The topological polar surface area (TPSA) is 55.8 Å². The van der Waals surface area contributed by atoms with Crippen molar-refractivity contribution in [3.8, 4) is 5.75 Å². The number of esters is 1. The molecule has 1 amide bonds. The lowest BCUT2D eigenvalue weighted by Gasteiger charge is -2.10. The first-order valence-corrected chi connectivity index (χ1v) is 7.83. The van der Waals surface area contributed by atoms with Crippen LogP contribution >= 0.6 is 24.0 Å². The molecule has 1 heterocycles. The fourth-order valence-corrected chi connectivity index (χ4v) is 3.22. The highest BCUT2D eigenvalue weighted by Crippen LogP contribution is 2.33. The smallest absolute Gasteiger partial charge is 0.343 e. The second kappa shape index (κ2) is 7.42. The van der Waals surface area contributed by atoms with Gasteiger partial charge < -0.3 is 9.47 Å². The first-order valence-electron chi connectivity index (χ1n) is 6.60. The van der Waals surface area contributed by atoms with Crippen molar-refractivity contribution in [3.63, 3.8) is 0 Å². The van der Waals surface area contributed by atoms with E-state index in [4.69, 9.17) is 17.0 Å². The van der Waals surface area contributed by atoms with E-state index in [1.807, 2.05) is 19.1 Å². The van der Waals surface area contributed by atoms with Gasteiger partial charge >= 0.3 is 5.97 Å². The van der Waals surface area contributed by atoms with Crippen molar-refractivity contribution >= 4 is 46.3 Å². The highest BCUT2D eigenvalue weighted by Gasteiger charge is 2.30. The van der Waals surface area contributed by atoms with Crippen molar-refractivity contribution in [3.05, 3.63) is 34.7 Å². The Labute approximate surface area is 138 Å². The second-order valence-electron chi connectivity index (χ2n) is 4.33. The maximum atomic E-state index is 12.2. The van der Waals surface area contributed by atoms with E-state index in [0.29, 0.717) is 27.1 Å². The molecule has 1 aromatic carbocycles. The number of ether oxygens (including phenoxy) is 2. The molecule has 0 aliphatic carbocycles. The molecule has 116 valence electrons. The van der Waals surface area contributed by atoms with E-state index in [9.17, 15) is 9.59 Å². The Balaban J connectivity index is 2.23. The van der Waals surface area contributed by atoms with E-state index in [0.717, 1.165) is 0 Å². The summed E-state index contributed by atoms with van der Waals surface area (Å²) in [6.07, 6.45) is 1.72. The third-order valence-corrected chi connectivity index (χ3v) is 4.35. The van der Waals surface area contributed by atoms with Crippen molar-refractivity contribution in [2.75, 3.05) is 20.3 Å². The van der Waals surface area contributed by atoms with Crippen LogP contribution in [0, 0.1) is 0 Å². The summed E-state index contributed by atoms with van der Waals surface area (Å²) in [5.41, 5.74) is 0.711. The van der Waals surface area contributed by atoms with Crippen LogP contribution in [0.1, 0.15) is 12.5 Å². The van der Waals surface area contributed by atoms with Crippen molar-refractivity contribution in [1.82, 2.24) is 4.90 Å². The van der Waals surface area contributed by atoms with Crippen LogP contribution in [0.3, 0.4) is 0 Å². The standard InChI is InChI=1S/C15H15NO4S2/c1-3-16-14(18)12(22-15(16)21)8-10-6-4-5-7-11(10)20-9-13(17)19-2/h4-8H,3,9H2,1-2H3. The average Bonchev–Trinajstić information content (AvgIpc) is 2.79. The van der Waals surface area contributed by atoms with Crippen LogP contribution in [-0.2, 0) is 14.3 Å². The minimum Gasteiger partial charge on any atom is -0.481 e. The van der Waals surface area contributed by atoms with Gasteiger partial charge in [-0.2, -0.15) is 0 Å². The van der Waals surface area contributed by atoms with Gasteiger partial charge in [-0.3, -0.25) is 9.69 Å². The summed E-state index contributed by atoms with van der Waals surface area (Å²) in [5, 5.41) is 0. The van der Waals surface area contributed by atoms with E-state index < -0.39 is 5.97 Å². The van der Waals surface area contributed by atoms with Crippen molar-refractivity contribution in [1.29, 1.82) is 0 Å². The zero-order valence-electron chi connectivity index (χ0n) is 12.2. The molecule has 2 rings (SSSR count). The lowest BCUT2D eigenvalue weighted by atomic mass is 10.2.